The summed E-state index contributed by atoms with van der Waals surface area (Å²) in [5, 5.41) is 0.707. The molecular formula is C17H21ClN2O. The van der Waals surface area contributed by atoms with Gasteiger partial charge in [-0.1, -0.05) is 23.7 Å². The lowest BCUT2D eigenvalue weighted by molar-refractivity contribution is 0.0370. The minimum atomic E-state index is -0.124. The minimum Gasteiger partial charge on any atom is -0.372 e. The molecule has 0 saturated heterocycles. The summed E-state index contributed by atoms with van der Waals surface area (Å²) in [4.78, 5) is 4.01. The highest BCUT2D eigenvalue weighted by Crippen LogP contribution is 2.23. The first kappa shape index (κ1) is 16.0. The number of hydrogen-bond acceptors (Lipinski definition) is 3. The van der Waals surface area contributed by atoms with Gasteiger partial charge in [-0.25, -0.2) is 0 Å². The number of rotatable bonds is 7. The van der Waals surface area contributed by atoms with Gasteiger partial charge in [0.1, 0.15) is 0 Å². The monoisotopic (exact) mass is 304 g/mol. The van der Waals surface area contributed by atoms with E-state index in [4.69, 9.17) is 22.1 Å². The average Bonchev–Trinajstić information content (AvgIpc) is 2.48. The van der Waals surface area contributed by atoms with Crippen LogP contribution in [0.3, 0.4) is 0 Å². The molecule has 0 bridgehead atoms. The number of pyridine rings is 1. The summed E-state index contributed by atoms with van der Waals surface area (Å²) >= 11 is 6.03. The van der Waals surface area contributed by atoms with Crippen LogP contribution in [0.2, 0.25) is 5.02 Å². The highest BCUT2D eigenvalue weighted by molar-refractivity contribution is 6.30. The molecule has 1 aromatic heterocycles. The van der Waals surface area contributed by atoms with Crippen LogP contribution in [-0.4, -0.2) is 17.6 Å². The third-order valence-corrected chi connectivity index (χ3v) is 3.55. The van der Waals surface area contributed by atoms with Crippen molar-refractivity contribution in [3.8, 4) is 0 Å². The van der Waals surface area contributed by atoms with Crippen molar-refractivity contribution in [3.05, 3.63) is 64.9 Å². The molecule has 2 rings (SSSR count). The summed E-state index contributed by atoms with van der Waals surface area (Å²) in [6, 6.07) is 11.7. The number of nitrogens with two attached hydrogens (primary N) is 1. The molecule has 21 heavy (non-hydrogen) atoms. The second-order valence-corrected chi connectivity index (χ2v) is 5.60. The molecule has 2 aromatic rings. The summed E-state index contributed by atoms with van der Waals surface area (Å²) in [5.41, 5.74) is 8.34. The second kappa shape index (κ2) is 8.13. The second-order valence-electron chi connectivity index (χ2n) is 5.16. The normalized spacial score (nSPS) is 13.9. The fourth-order valence-corrected chi connectivity index (χ4v) is 2.47. The Labute approximate surface area is 131 Å². The van der Waals surface area contributed by atoms with Gasteiger partial charge in [0, 0.05) is 30.1 Å². The summed E-state index contributed by atoms with van der Waals surface area (Å²) < 4.78 is 5.97. The molecule has 2 N–H and O–H groups in total. The van der Waals surface area contributed by atoms with Gasteiger partial charge in [0.25, 0.3) is 0 Å². The van der Waals surface area contributed by atoms with E-state index in [-0.39, 0.29) is 12.1 Å². The first-order valence-electron chi connectivity index (χ1n) is 7.18. The van der Waals surface area contributed by atoms with Gasteiger partial charge in [-0.2, -0.15) is 0 Å². The lowest BCUT2D eigenvalue weighted by Gasteiger charge is -2.22. The van der Waals surface area contributed by atoms with Crippen molar-refractivity contribution in [2.45, 2.75) is 31.9 Å². The zero-order chi connectivity index (χ0) is 15.1. The molecule has 0 amide bonds. The summed E-state index contributed by atoms with van der Waals surface area (Å²) in [6.45, 7) is 2.62. The van der Waals surface area contributed by atoms with Gasteiger partial charge in [-0.15, -0.1) is 0 Å². The first-order valence-corrected chi connectivity index (χ1v) is 7.56. The smallest absolute Gasteiger partial charge is 0.0973 e. The molecular weight excluding hydrogens is 284 g/mol. The van der Waals surface area contributed by atoms with Crippen LogP contribution in [0.25, 0.3) is 0 Å². The molecule has 0 aliphatic heterocycles. The Bertz CT molecular complexity index is 545. The number of nitrogens with zero attached hydrogens (tertiary/aromatic N) is 1. The van der Waals surface area contributed by atoms with Crippen LogP contribution in [0.15, 0.2) is 48.8 Å². The Balaban J connectivity index is 1.86. The number of benzene rings is 1. The van der Waals surface area contributed by atoms with Gasteiger partial charge in [0.05, 0.1) is 6.10 Å². The summed E-state index contributed by atoms with van der Waals surface area (Å²) in [7, 11) is 0. The van der Waals surface area contributed by atoms with Gasteiger partial charge in [-0.3, -0.25) is 4.98 Å². The van der Waals surface area contributed by atoms with E-state index in [9.17, 15) is 0 Å². The predicted molar refractivity (Wildman–Crippen MR) is 86.4 cm³/mol. The molecule has 4 heteroatoms. The molecule has 0 radical (unpaired) electrons. The number of ether oxygens (including phenoxy) is 1. The Hall–Kier alpha value is -1.42. The Morgan fingerprint density at radius 3 is 2.67 bits per heavy atom. The fourth-order valence-electron chi connectivity index (χ4n) is 2.27. The first-order chi connectivity index (χ1) is 10.2. The van der Waals surface area contributed by atoms with Crippen molar-refractivity contribution in [3.63, 3.8) is 0 Å². The quantitative estimate of drug-likeness (QED) is 0.792. The number of aromatic nitrogens is 1. The number of hydrogen-bond donors (Lipinski definition) is 1. The van der Waals surface area contributed by atoms with Gasteiger partial charge in [0.2, 0.25) is 0 Å². The van der Waals surface area contributed by atoms with Crippen LogP contribution in [0.5, 0.6) is 0 Å². The molecule has 0 spiro atoms. The van der Waals surface area contributed by atoms with Gasteiger partial charge in [-0.05, 0) is 55.2 Å². The van der Waals surface area contributed by atoms with Gasteiger partial charge in [0.15, 0.2) is 0 Å². The minimum absolute atomic E-state index is 0.0793. The third-order valence-electron chi connectivity index (χ3n) is 3.31. The highest BCUT2D eigenvalue weighted by Gasteiger charge is 2.16. The van der Waals surface area contributed by atoms with E-state index in [1.807, 2.05) is 55.7 Å². The zero-order valence-corrected chi connectivity index (χ0v) is 13.0. The van der Waals surface area contributed by atoms with Crippen LogP contribution >= 0.6 is 11.6 Å². The van der Waals surface area contributed by atoms with Crippen molar-refractivity contribution < 1.29 is 4.74 Å². The van der Waals surface area contributed by atoms with E-state index in [1.54, 1.807) is 0 Å². The maximum absolute atomic E-state index is 6.04. The third kappa shape index (κ3) is 5.12. The molecule has 1 aromatic carbocycles. The molecule has 112 valence electrons. The van der Waals surface area contributed by atoms with Crippen molar-refractivity contribution in [1.82, 2.24) is 4.98 Å². The molecule has 2 unspecified atom stereocenters. The van der Waals surface area contributed by atoms with Crippen molar-refractivity contribution in [2.24, 2.45) is 5.73 Å². The summed E-state index contributed by atoms with van der Waals surface area (Å²) in [5.74, 6) is 0. The van der Waals surface area contributed by atoms with E-state index in [0.29, 0.717) is 11.6 Å². The van der Waals surface area contributed by atoms with Crippen LogP contribution in [-0.2, 0) is 11.2 Å². The fraction of sp³-hybridized carbons (Fsp3) is 0.353. The zero-order valence-electron chi connectivity index (χ0n) is 12.2. The number of aryl methyl sites for hydroxylation is 1. The topological polar surface area (TPSA) is 48.1 Å². The molecule has 0 aliphatic carbocycles. The van der Waals surface area contributed by atoms with Crippen molar-refractivity contribution in [2.75, 3.05) is 6.61 Å². The summed E-state index contributed by atoms with van der Waals surface area (Å²) in [6.07, 6.45) is 5.43. The van der Waals surface area contributed by atoms with Crippen LogP contribution in [0.4, 0.5) is 0 Å². The Kier molecular flexibility index (Phi) is 6.18. The van der Waals surface area contributed by atoms with Gasteiger partial charge < -0.3 is 10.5 Å². The van der Waals surface area contributed by atoms with E-state index < -0.39 is 0 Å². The molecule has 3 nitrogen and oxygen atoms in total. The molecule has 1 heterocycles. The molecule has 0 saturated carbocycles. The molecule has 2 atom stereocenters. The van der Waals surface area contributed by atoms with E-state index in [0.717, 1.165) is 18.4 Å². The van der Waals surface area contributed by atoms with Crippen LogP contribution in [0.1, 0.15) is 30.6 Å². The SMILES string of the molecule is CC(N)C(OCCCc1ccncc1)c1cccc(Cl)c1. The van der Waals surface area contributed by atoms with E-state index in [1.165, 1.54) is 5.56 Å². The largest absolute Gasteiger partial charge is 0.372 e. The highest BCUT2D eigenvalue weighted by atomic mass is 35.5. The molecule has 0 aliphatic rings. The number of halogens is 1. The van der Waals surface area contributed by atoms with E-state index >= 15 is 0 Å². The Morgan fingerprint density at radius 2 is 2.00 bits per heavy atom. The van der Waals surface area contributed by atoms with Crippen LogP contribution < -0.4 is 5.73 Å². The predicted octanol–water partition coefficient (Wildman–Crippen LogP) is 3.77. The lowest BCUT2D eigenvalue weighted by atomic mass is 10.0. The van der Waals surface area contributed by atoms with Crippen molar-refractivity contribution in [1.29, 1.82) is 0 Å². The maximum Gasteiger partial charge on any atom is 0.0973 e. The van der Waals surface area contributed by atoms with E-state index in [2.05, 4.69) is 4.98 Å². The van der Waals surface area contributed by atoms with Gasteiger partial charge >= 0.3 is 0 Å². The average molecular weight is 305 g/mol. The Morgan fingerprint density at radius 1 is 1.24 bits per heavy atom. The standard InChI is InChI=1S/C17H21ClN2O/c1-13(19)17(15-5-2-6-16(18)12-15)21-11-3-4-14-7-9-20-10-8-14/h2,5-10,12-13,17H,3-4,11,19H2,1H3. The maximum atomic E-state index is 6.04. The van der Waals surface area contributed by atoms with Crippen LogP contribution in [0, 0.1) is 0 Å². The lowest BCUT2D eigenvalue weighted by Crippen LogP contribution is -2.27. The van der Waals surface area contributed by atoms with Crippen molar-refractivity contribution >= 4 is 11.6 Å². The molecule has 0 fully saturated rings.